The number of aromatic nitrogens is 5. The third-order valence-electron chi connectivity index (χ3n) is 3.07. The van der Waals surface area contributed by atoms with E-state index in [0.717, 1.165) is 17.1 Å². The van der Waals surface area contributed by atoms with Crippen molar-refractivity contribution >= 4 is 0 Å². The zero-order valence-corrected chi connectivity index (χ0v) is 11.0. The molecule has 3 rings (SSSR count). The fourth-order valence-electron chi connectivity index (χ4n) is 2.12. The number of nitrogens with zero attached hydrogens (tertiary/aromatic N) is 5. The van der Waals surface area contributed by atoms with E-state index in [1.165, 1.54) is 0 Å². The van der Waals surface area contributed by atoms with E-state index in [1.807, 2.05) is 49.6 Å². The van der Waals surface area contributed by atoms with Crippen LogP contribution in [0.15, 0.2) is 48.8 Å². The molecule has 1 atom stereocenters. The van der Waals surface area contributed by atoms with Crippen LogP contribution in [0.4, 0.5) is 0 Å². The van der Waals surface area contributed by atoms with Crippen molar-refractivity contribution in [2.24, 2.45) is 12.9 Å². The largest absolute Gasteiger partial charge is 0.275 e. The molecule has 0 bridgehead atoms. The highest BCUT2D eigenvalue weighted by Crippen LogP contribution is 2.21. The Balaban J connectivity index is 2.04. The minimum atomic E-state index is -0.272. The van der Waals surface area contributed by atoms with Gasteiger partial charge >= 0.3 is 0 Å². The molecule has 20 heavy (non-hydrogen) atoms. The third-order valence-corrected chi connectivity index (χ3v) is 3.07. The molecule has 0 amide bonds. The predicted molar refractivity (Wildman–Crippen MR) is 73.7 cm³/mol. The second-order valence-electron chi connectivity index (χ2n) is 4.42. The van der Waals surface area contributed by atoms with Crippen LogP contribution >= 0.6 is 0 Å². The molecule has 102 valence electrons. The van der Waals surface area contributed by atoms with Crippen molar-refractivity contribution < 1.29 is 0 Å². The Bertz CT molecular complexity index is 686. The fraction of sp³-hybridized carbons (Fsp3) is 0.154. The number of nitrogens with two attached hydrogens (primary N) is 1. The van der Waals surface area contributed by atoms with Crippen LogP contribution < -0.4 is 11.3 Å². The molecule has 0 fully saturated rings. The second-order valence-corrected chi connectivity index (χ2v) is 4.42. The van der Waals surface area contributed by atoms with Crippen LogP contribution in [0.25, 0.3) is 5.69 Å². The van der Waals surface area contributed by atoms with Gasteiger partial charge < -0.3 is 0 Å². The lowest BCUT2D eigenvalue weighted by Crippen LogP contribution is -2.31. The summed E-state index contributed by atoms with van der Waals surface area (Å²) in [5.74, 6) is 5.68. The maximum Gasteiger partial charge on any atom is 0.109 e. The van der Waals surface area contributed by atoms with Crippen molar-refractivity contribution in [3.63, 3.8) is 0 Å². The number of benzene rings is 1. The van der Waals surface area contributed by atoms with Gasteiger partial charge in [0.25, 0.3) is 0 Å². The zero-order chi connectivity index (χ0) is 13.9. The summed E-state index contributed by atoms with van der Waals surface area (Å²) in [6, 6.07) is 11.4. The number of nitrogens with one attached hydrogen (secondary N) is 1. The van der Waals surface area contributed by atoms with E-state index in [4.69, 9.17) is 5.84 Å². The Morgan fingerprint density at radius 2 is 2.00 bits per heavy atom. The number of aryl methyl sites for hydroxylation is 1. The van der Waals surface area contributed by atoms with Crippen molar-refractivity contribution in [2.45, 2.75) is 6.04 Å². The van der Waals surface area contributed by atoms with E-state index in [0.29, 0.717) is 0 Å². The van der Waals surface area contributed by atoms with Gasteiger partial charge in [0.2, 0.25) is 0 Å². The van der Waals surface area contributed by atoms with Crippen molar-refractivity contribution in [3.05, 3.63) is 60.2 Å². The van der Waals surface area contributed by atoms with Gasteiger partial charge in [-0.25, -0.2) is 10.1 Å². The van der Waals surface area contributed by atoms with Crippen LogP contribution in [-0.2, 0) is 7.05 Å². The molecule has 2 aromatic heterocycles. The van der Waals surface area contributed by atoms with Gasteiger partial charge in [-0.1, -0.05) is 23.4 Å². The van der Waals surface area contributed by atoms with E-state index >= 15 is 0 Å². The van der Waals surface area contributed by atoms with Gasteiger partial charge in [0.15, 0.2) is 0 Å². The van der Waals surface area contributed by atoms with E-state index < -0.39 is 0 Å². The predicted octanol–water partition coefficient (Wildman–Crippen LogP) is 0.553. The first-order valence-electron chi connectivity index (χ1n) is 6.21. The molecule has 1 aromatic carbocycles. The summed E-state index contributed by atoms with van der Waals surface area (Å²) < 4.78 is 3.48. The zero-order valence-electron chi connectivity index (χ0n) is 11.0. The maximum atomic E-state index is 5.68. The van der Waals surface area contributed by atoms with E-state index in [2.05, 4.69) is 20.8 Å². The first kappa shape index (κ1) is 12.5. The van der Waals surface area contributed by atoms with Gasteiger partial charge in [-0.15, -0.1) is 5.10 Å². The highest BCUT2D eigenvalue weighted by atomic mass is 15.4. The highest BCUT2D eigenvalue weighted by molar-refractivity contribution is 5.33. The molecular formula is C13H15N7. The minimum absolute atomic E-state index is 0.272. The molecule has 0 aliphatic carbocycles. The molecule has 3 N–H and O–H groups in total. The van der Waals surface area contributed by atoms with E-state index in [-0.39, 0.29) is 6.04 Å². The van der Waals surface area contributed by atoms with Crippen molar-refractivity contribution in [2.75, 3.05) is 0 Å². The third kappa shape index (κ3) is 2.20. The summed E-state index contributed by atoms with van der Waals surface area (Å²) in [7, 11) is 1.86. The average molecular weight is 269 g/mol. The lowest BCUT2D eigenvalue weighted by atomic mass is 10.1. The topological polar surface area (TPSA) is 86.6 Å². The molecule has 0 aliphatic heterocycles. The SMILES string of the molecule is Cn1ccc(C(NN)c2cnnn2-c2ccccc2)n1. The Hall–Kier alpha value is -2.51. The Morgan fingerprint density at radius 1 is 1.20 bits per heavy atom. The molecule has 3 aromatic rings. The first-order valence-corrected chi connectivity index (χ1v) is 6.21. The molecule has 1 unspecified atom stereocenters. The van der Waals surface area contributed by atoms with Crippen molar-refractivity contribution in [1.29, 1.82) is 0 Å². The first-order chi connectivity index (χ1) is 9.79. The molecule has 7 nitrogen and oxygen atoms in total. The van der Waals surface area contributed by atoms with Gasteiger partial charge in [0.1, 0.15) is 6.04 Å². The number of rotatable bonds is 4. The van der Waals surface area contributed by atoms with E-state index in [1.54, 1.807) is 15.6 Å². The number of hydrogen-bond donors (Lipinski definition) is 2. The van der Waals surface area contributed by atoms with Gasteiger partial charge in [0.05, 0.1) is 23.3 Å². The Kier molecular flexibility index (Phi) is 3.28. The molecule has 0 aliphatic rings. The summed E-state index contributed by atoms with van der Waals surface area (Å²) in [6.45, 7) is 0. The van der Waals surface area contributed by atoms with Crippen molar-refractivity contribution in [3.8, 4) is 5.69 Å². The molecule has 0 spiro atoms. The average Bonchev–Trinajstić information content (AvgIpc) is 3.11. The molecule has 7 heteroatoms. The van der Waals surface area contributed by atoms with Gasteiger partial charge in [-0.2, -0.15) is 5.10 Å². The quantitative estimate of drug-likeness (QED) is 0.533. The van der Waals surface area contributed by atoms with Crippen LogP contribution in [0, 0.1) is 0 Å². The Labute approximate surface area is 116 Å². The summed E-state index contributed by atoms with van der Waals surface area (Å²) in [5, 5.41) is 12.5. The normalized spacial score (nSPS) is 12.5. The fourth-order valence-corrected chi connectivity index (χ4v) is 2.12. The molecular weight excluding hydrogens is 254 g/mol. The van der Waals surface area contributed by atoms with Gasteiger partial charge in [-0.3, -0.25) is 10.5 Å². The molecule has 2 heterocycles. The van der Waals surface area contributed by atoms with Crippen molar-refractivity contribution in [1.82, 2.24) is 30.2 Å². The second kappa shape index (κ2) is 5.24. The standard InChI is InChI=1S/C13H15N7/c1-19-8-7-11(17-19)13(16-14)12-9-15-18-20(12)10-5-3-2-4-6-10/h2-9,13,16H,14H2,1H3. The van der Waals surface area contributed by atoms with E-state index in [9.17, 15) is 0 Å². The number of hydrogen-bond acceptors (Lipinski definition) is 5. The monoisotopic (exact) mass is 269 g/mol. The van der Waals surface area contributed by atoms with Gasteiger partial charge in [-0.05, 0) is 18.2 Å². The highest BCUT2D eigenvalue weighted by Gasteiger charge is 2.20. The van der Waals surface area contributed by atoms with Crippen LogP contribution in [-0.4, -0.2) is 24.8 Å². The molecule has 0 saturated carbocycles. The Morgan fingerprint density at radius 3 is 2.65 bits per heavy atom. The lowest BCUT2D eigenvalue weighted by molar-refractivity contribution is 0.571. The summed E-state index contributed by atoms with van der Waals surface area (Å²) in [5.41, 5.74) is 5.34. The maximum absolute atomic E-state index is 5.68. The number of hydrazine groups is 1. The van der Waals surface area contributed by atoms with Gasteiger partial charge in [0, 0.05) is 13.2 Å². The van der Waals surface area contributed by atoms with Crippen LogP contribution in [0.3, 0.4) is 0 Å². The van der Waals surface area contributed by atoms with Crippen LogP contribution in [0.1, 0.15) is 17.4 Å². The minimum Gasteiger partial charge on any atom is -0.275 e. The van der Waals surface area contributed by atoms with Crippen LogP contribution in [0.2, 0.25) is 0 Å². The number of para-hydroxylation sites is 1. The lowest BCUT2D eigenvalue weighted by Gasteiger charge is -2.14. The smallest absolute Gasteiger partial charge is 0.109 e. The molecule has 0 saturated heterocycles. The summed E-state index contributed by atoms with van der Waals surface area (Å²) in [6.07, 6.45) is 3.56. The summed E-state index contributed by atoms with van der Waals surface area (Å²) >= 11 is 0. The van der Waals surface area contributed by atoms with Crippen LogP contribution in [0.5, 0.6) is 0 Å². The molecule has 0 radical (unpaired) electrons. The summed E-state index contributed by atoms with van der Waals surface area (Å²) in [4.78, 5) is 0.